The Morgan fingerprint density at radius 3 is 2.74 bits per heavy atom. The first kappa shape index (κ1) is 23.0. The maximum atomic E-state index is 14.5. The van der Waals surface area contributed by atoms with E-state index in [1.54, 1.807) is 0 Å². The number of nitrogens with one attached hydrogen (secondary N) is 2. The summed E-state index contributed by atoms with van der Waals surface area (Å²) in [6.07, 6.45) is 12.4. The van der Waals surface area contributed by atoms with Crippen LogP contribution in [0, 0.1) is 17.3 Å². The third kappa shape index (κ3) is 4.01. The Morgan fingerprint density at radius 1 is 1.09 bits per heavy atom. The van der Waals surface area contributed by atoms with Gasteiger partial charge in [0.25, 0.3) is 0 Å². The van der Waals surface area contributed by atoms with Gasteiger partial charge >= 0.3 is 0 Å². The van der Waals surface area contributed by atoms with Gasteiger partial charge in [0.1, 0.15) is 0 Å². The van der Waals surface area contributed by atoms with E-state index >= 15 is 0 Å². The van der Waals surface area contributed by atoms with Gasteiger partial charge in [-0.15, -0.1) is 11.8 Å². The summed E-state index contributed by atoms with van der Waals surface area (Å²) in [6, 6.07) is 11.5. The Bertz CT molecular complexity index is 927. The smallest absolute Gasteiger partial charge is 0.228 e. The van der Waals surface area contributed by atoms with Gasteiger partial charge in [0.15, 0.2) is 0 Å². The molecule has 3 fully saturated rings. The summed E-state index contributed by atoms with van der Waals surface area (Å²) in [5.74, 6) is 1.82. The molecular weight excluding hydrogens is 438 g/mol. The van der Waals surface area contributed by atoms with Crippen molar-refractivity contribution < 1.29 is 4.79 Å². The molecule has 1 spiro atoms. The van der Waals surface area contributed by atoms with Crippen molar-refractivity contribution in [2.45, 2.75) is 88.5 Å². The second-order valence-electron chi connectivity index (χ2n) is 11.5. The molecule has 0 radical (unpaired) electrons. The molecule has 5 aliphatic rings. The van der Waals surface area contributed by atoms with Crippen LogP contribution in [0.25, 0.3) is 0 Å². The molecule has 4 nitrogen and oxygen atoms in total. The maximum absolute atomic E-state index is 14.5. The molecule has 1 aromatic rings. The Balaban J connectivity index is 1.28. The van der Waals surface area contributed by atoms with Gasteiger partial charge in [-0.1, -0.05) is 49.6 Å². The number of likely N-dealkylation sites (tertiary alicyclic amines) is 1. The Kier molecular flexibility index (Phi) is 6.44. The average Bonchev–Trinajstić information content (AvgIpc) is 3.48. The lowest BCUT2D eigenvalue weighted by Gasteiger charge is -2.48. The highest BCUT2D eigenvalue weighted by molar-refractivity contribution is 8.03. The van der Waals surface area contributed by atoms with E-state index in [0.717, 1.165) is 45.3 Å². The van der Waals surface area contributed by atoms with Gasteiger partial charge in [-0.3, -0.25) is 4.79 Å². The highest BCUT2D eigenvalue weighted by Crippen LogP contribution is 2.56. The average molecular weight is 480 g/mol. The van der Waals surface area contributed by atoms with Gasteiger partial charge in [-0.2, -0.15) is 0 Å². The largest absolute Gasteiger partial charge is 0.376 e. The highest BCUT2D eigenvalue weighted by atomic mass is 32.2. The molecule has 5 atom stereocenters. The highest BCUT2D eigenvalue weighted by Gasteiger charge is 2.55. The summed E-state index contributed by atoms with van der Waals surface area (Å²) in [4.78, 5) is 18.4. The third-order valence-electron chi connectivity index (χ3n) is 9.59. The van der Waals surface area contributed by atoms with Crippen molar-refractivity contribution in [3.8, 4) is 0 Å². The first-order valence-electron chi connectivity index (χ1n) is 13.9. The van der Waals surface area contributed by atoms with Gasteiger partial charge < -0.3 is 15.5 Å². The third-order valence-corrected chi connectivity index (χ3v) is 11.0. The Hall–Kier alpha value is -1.46. The van der Waals surface area contributed by atoms with Crippen LogP contribution in [0.15, 0.2) is 40.9 Å². The number of amides is 1. The number of carbonyl (C=O) groups is 1. The number of fused-ring (bicyclic) bond motifs is 1. The van der Waals surface area contributed by atoms with Crippen LogP contribution in [0.3, 0.4) is 0 Å². The van der Waals surface area contributed by atoms with E-state index in [2.05, 4.69) is 52.8 Å². The van der Waals surface area contributed by atoms with Crippen LogP contribution in [-0.2, 0) is 4.79 Å². The summed E-state index contributed by atoms with van der Waals surface area (Å²) >= 11 is 2.00. The zero-order chi connectivity index (χ0) is 23.1. The lowest BCUT2D eigenvalue weighted by molar-refractivity contribution is -0.143. The number of hydrogen-bond acceptors (Lipinski definition) is 4. The molecule has 2 saturated heterocycles. The normalized spacial score (nSPS) is 36.6. The Morgan fingerprint density at radius 2 is 1.91 bits per heavy atom. The van der Waals surface area contributed by atoms with Crippen molar-refractivity contribution in [1.29, 1.82) is 0 Å². The molecule has 0 bridgehead atoms. The molecule has 1 unspecified atom stereocenters. The van der Waals surface area contributed by atoms with Crippen molar-refractivity contribution in [1.82, 2.24) is 15.5 Å². The topological polar surface area (TPSA) is 44.4 Å². The number of nitrogens with zero attached hydrogens (tertiary/aromatic N) is 1. The molecule has 6 rings (SSSR count). The van der Waals surface area contributed by atoms with E-state index in [-0.39, 0.29) is 11.3 Å². The second-order valence-corrected chi connectivity index (χ2v) is 12.9. The fraction of sp³-hybridized carbons (Fsp3) is 0.690. The first-order valence-corrected chi connectivity index (χ1v) is 14.8. The fourth-order valence-corrected chi connectivity index (χ4v) is 9.34. The molecule has 0 aromatic heterocycles. The van der Waals surface area contributed by atoms with Gasteiger partial charge in [0.05, 0.1) is 11.3 Å². The lowest BCUT2D eigenvalue weighted by atomic mass is 9.69. The van der Waals surface area contributed by atoms with E-state index in [1.165, 1.54) is 54.7 Å². The van der Waals surface area contributed by atoms with Crippen molar-refractivity contribution in [2.75, 3.05) is 19.6 Å². The zero-order valence-corrected chi connectivity index (χ0v) is 21.5. The van der Waals surface area contributed by atoms with Gasteiger partial charge in [0, 0.05) is 41.7 Å². The predicted octanol–water partition coefficient (Wildman–Crippen LogP) is 5.63. The van der Waals surface area contributed by atoms with E-state index in [9.17, 15) is 4.79 Å². The predicted molar refractivity (Wildman–Crippen MR) is 140 cm³/mol. The number of carbonyl (C=O) groups excluding carboxylic acids is 1. The molecule has 1 amide bonds. The van der Waals surface area contributed by atoms with E-state index in [4.69, 9.17) is 0 Å². The van der Waals surface area contributed by atoms with E-state index < -0.39 is 0 Å². The minimum atomic E-state index is 0.0144. The number of hydrogen-bond donors (Lipinski definition) is 2. The van der Waals surface area contributed by atoms with E-state index in [0.29, 0.717) is 29.2 Å². The van der Waals surface area contributed by atoms with Crippen LogP contribution in [0.1, 0.15) is 82.6 Å². The first-order chi connectivity index (χ1) is 16.7. The van der Waals surface area contributed by atoms with Crippen molar-refractivity contribution >= 4 is 17.7 Å². The number of rotatable bonds is 3. The maximum Gasteiger partial charge on any atom is 0.228 e. The molecule has 5 heteroatoms. The van der Waals surface area contributed by atoms with Gasteiger partial charge in [-0.05, 0) is 69.3 Å². The van der Waals surface area contributed by atoms with Crippen LogP contribution in [0.5, 0.6) is 0 Å². The van der Waals surface area contributed by atoms with Gasteiger partial charge in [-0.25, -0.2) is 0 Å². The van der Waals surface area contributed by atoms with Crippen LogP contribution >= 0.6 is 11.8 Å². The monoisotopic (exact) mass is 479 g/mol. The molecule has 2 N–H and O–H groups in total. The summed E-state index contributed by atoms with van der Waals surface area (Å²) in [5.41, 5.74) is 2.93. The van der Waals surface area contributed by atoms with Crippen molar-refractivity contribution in [3.63, 3.8) is 0 Å². The van der Waals surface area contributed by atoms with Gasteiger partial charge in [0.2, 0.25) is 5.91 Å². The second kappa shape index (κ2) is 9.54. The van der Waals surface area contributed by atoms with Crippen LogP contribution in [0.2, 0.25) is 0 Å². The summed E-state index contributed by atoms with van der Waals surface area (Å²) in [7, 11) is 0. The molecule has 34 heavy (non-hydrogen) atoms. The van der Waals surface area contributed by atoms with E-state index in [1.807, 2.05) is 11.8 Å². The zero-order valence-electron chi connectivity index (χ0n) is 20.7. The summed E-state index contributed by atoms with van der Waals surface area (Å²) in [6.45, 7) is 5.02. The molecule has 184 valence electrons. The standard InChI is InChI=1S/C29H41N3OS/c1-20-31-25-13-8-15-29(27(25)34-20)19-30-18-24(29)28(33)32-16-14-23(21-9-4-2-5-10-21)17-26(32)22-11-6-3-7-12-22/h2,4-5,9-10,20,22-24,26,30-31H,3,6-8,11-19H2,1H3/t20?,23-,24+,26+,29-/m1/s1. The van der Waals surface area contributed by atoms with Crippen LogP contribution in [-0.4, -0.2) is 41.9 Å². The molecule has 1 saturated carbocycles. The summed E-state index contributed by atoms with van der Waals surface area (Å²) in [5, 5.41) is 7.84. The molecule has 1 aromatic carbocycles. The minimum absolute atomic E-state index is 0.0144. The minimum Gasteiger partial charge on any atom is -0.376 e. The quantitative estimate of drug-likeness (QED) is 0.590. The number of allylic oxidation sites excluding steroid dienone is 1. The number of thioether (sulfide) groups is 1. The molecule has 2 aliphatic carbocycles. The van der Waals surface area contributed by atoms with Crippen molar-refractivity contribution in [2.24, 2.45) is 17.3 Å². The molecule has 3 heterocycles. The van der Waals surface area contributed by atoms with Crippen LogP contribution in [0.4, 0.5) is 0 Å². The van der Waals surface area contributed by atoms with Crippen molar-refractivity contribution in [3.05, 3.63) is 46.5 Å². The summed E-state index contributed by atoms with van der Waals surface area (Å²) < 4.78 is 0. The number of benzene rings is 1. The Labute approximate surface area is 209 Å². The van der Waals surface area contributed by atoms with Crippen LogP contribution < -0.4 is 10.6 Å². The molecular formula is C29H41N3OS. The molecule has 3 aliphatic heterocycles. The fourth-order valence-electron chi connectivity index (χ4n) is 7.93. The SMILES string of the molecule is CC1NC2=C(S1)[C@]1(CCC2)CNC[C@H]1C(=O)N1CC[C@@H](c2ccccc2)C[C@H]1C1CCCCC1. The number of piperidine rings is 1. The lowest BCUT2D eigenvalue weighted by Crippen LogP contribution is -2.54.